The highest BCUT2D eigenvalue weighted by molar-refractivity contribution is 5.96. The smallest absolute Gasteiger partial charge is 0.123 e. The molecule has 0 atom stereocenters. The predicted molar refractivity (Wildman–Crippen MR) is 160 cm³/mol. The van der Waals surface area contributed by atoms with Gasteiger partial charge in [-0.3, -0.25) is 4.98 Å². The van der Waals surface area contributed by atoms with Gasteiger partial charge in [-0.2, -0.15) is 5.26 Å². The van der Waals surface area contributed by atoms with Crippen molar-refractivity contribution in [1.29, 1.82) is 5.26 Å². The average molecular weight is 528 g/mol. The summed E-state index contributed by atoms with van der Waals surface area (Å²) in [6, 6.07) is 42.3. The van der Waals surface area contributed by atoms with Crippen LogP contribution >= 0.6 is 0 Å². The van der Waals surface area contributed by atoms with E-state index in [-0.39, 0.29) is 5.82 Å². The lowest BCUT2D eigenvalue weighted by atomic mass is 9.71. The Morgan fingerprint density at radius 1 is 0.585 bits per heavy atom. The van der Waals surface area contributed by atoms with Gasteiger partial charge in [0, 0.05) is 35.0 Å². The summed E-state index contributed by atoms with van der Waals surface area (Å²) in [7, 11) is 0. The van der Waals surface area contributed by atoms with Gasteiger partial charge in [-0.25, -0.2) is 4.39 Å². The van der Waals surface area contributed by atoms with Gasteiger partial charge in [0.05, 0.1) is 17.0 Å². The first kappa shape index (κ1) is 23.4. The maximum Gasteiger partial charge on any atom is 0.123 e. The molecule has 0 bridgehead atoms. The summed E-state index contributed by atoms with van der Waals surface area (Å²) in [6.45, 7) is 0. The zero-order chi connectivity index (χ0) is 27.6. The first-order chi connectivity index (χ1) is 20.2. The molecule has 4 heteroatoms. The molecule has 192 valence electrons. The third-order valence-corrected chi connectivity index (χ3v) is 8.45. The normalized spacial score (nSPS) is 13.2. The van der Waals surface area contributed by atoms with E-state index in [0.717, 1.165) is 28.2 Å². The number of halogens is 1. The van der Waals surface area contributed by atoms with Crippen molar-refractivity contribution in [3.63, 3.8) is 0 Å². The third kappa shape index (κ3) is 3.21. The van der Waals surface area contributed by atoms with Gasteiger partial charge in [-0.05, 0) is 99.6 Å². The fourth-order valence-corrected chi connectivity index (χ4v) is 6.87. The molecule has 0 unspecified atom stereocenters. The molecule has 0 N–H and O–H groups in total. The Balaban J connectivity index is 1.41. The Labute approximate surface area is 237 Å². The van der Waals surface area contributed by atoms with Gasteiger partial charge in [-0.1, -0.05) is 60.7 Å². The highest BCUT2D eigenvalue weighted by atomic mass is 19.1. The Morgan fingerprint density at radius 2 is 1.22 bits per heavy atom. The molecule has 41 heavy (non-hydrogen) atoms. The standard InChI is InChI=1S/C37H22FN3/c38-25-12-14-26(15-13-25)41(27-7-5-6-24(20-27)22-39)28-16-17-35-31(21-28)32-23-40-19-18-36(32)37(35)33-10-3-1-8-29(33)30-9-2-4-11-34(30)37/h1-21,23H. The molecule has 8 rings (SSSR count). The van der Waals surface area contributed by atoms with Crippen molar-refractivity contribution in [1.82, 2.24) is 4.98 Å². The summed E-state index contributed by atoms with van der Waals surface area (Å²) in [5, 5.41) is 9.61. The minimum absolute atomic E-state index is 0.297. The molecule has 6 aromatic rings. The summed E-state index contributed by atoms with van der Waals surface area (Å²) in [6.07, 6.45) is 3.85. The molecule has 2 aliphatic carbocycles. The van der Waals surface area contributed by atoms with Gasteiger partial charge in [-0.15, -0.1) is 0 Å². The van der Waals surface area contributed by atoms with Crippen LogP contribution in [0.25, 0.3) is 22.3 Å². The van der Waals surface area contributed by atoms with Gasteiger partial charge < -0.3 is 4.90 Å². The lowest BCUT2D eigenvalue weighted by Crippen LogP contribution is -2.25. The van der Waals surface area contributed by atoms with Gasteiger partial charge in [0.2, 0.25) is 0 Å². The van der Waals surface area contributed by atoms with Crippen LogP contribution in [0.2, 0.25) is 0 Å². The molecular weight excluding hydrogens is 505 g/mol. The topological polar surface area (TPSA) is 39.9 Å². The molecule has 2 aliphatic rings. The summed E-state index contributed by atoms with van der Waals surface area (Å²) in [5.41, 5.74) is 12.4. The van der Waals surface area contributed by atoms with Crippen LogP contribution in [0.4, 0.5) is 21.5 Å². The van der Waals surface area contributed by atoms with Crippen molar-refractivity contribution in [2.45, 2.75) is 5.41 Å². The second-order valence-corrected chi connectivity index (χ2v) is 10.5. The van der Waals surface area contributed by atoms with E-state index < -0.39 is 5.41 Å². The Kier molecular flexibility index (Phi) is 4.98. The van der Waals surface area contributed by atoms with E-state index in [0.29, 0.717) is 5.56 Å². The lowest BCUT2D eigenvalue weighted by molar-refractivity contribution is 0.628. The average Bonchev–Trinajstić information content (AvgIpc) is 3.49. The van der Waals surface area contributed by atoms with Crippen LogP contribution in [0.3, 0.4) is 0 Å². The largest absolute Gasteiger partial charge is 0.310 e. The number of nitriles is 1. The molecule has 0 saturated carbocycles. The second kappa shape index (κ2) is 8.74. The summed E-state index contributed by atoms with van der Waals surface area (Å²) < 4.78 is 14.0. The number of nitrogens with zero attached hydrogens (tertiary/aromatic N) is 3. The lowest BCUT2D eigenvalue weighted by Gasteiger charge is -2.31. The Bertz CT molecular complexity index is 1990. The van der Waals surface area contributed by atoms with E-state index in [1.807, 2.05) is 30.6 Å². The highest BCUT2D eigenvalue weighted by Crippen LogP contribution is 2.63. The van der Waals surface area contributed by atoms with E-state index in [9.17, 15) is 9.65 Å². The Hall–Kier alpha value is -5.53. The van der Waals surface area contributed by atoms with Crippen LogP contribution in [0, 0.1) is 17.1 Å². The van der Waals surface area contributed by atoms with Crippen molar-refractivity contribution in [2.75, 3.05) is 4.90 Å². The molecule has 1 heterocycles. The molecule has 0 aliphatic heterocycles. The van der Waals surface area contributed by atoms with Crippen molar-refractivity contribution in [3.05, 3.63) is 167 Å². The van der Waals surface area contributed by atoms with Gasteiger partial charge in [0.1, 0.15) is 5.82 Å². The zero-order valence-electron chi connectivity index (χ0n) is 21.9. The first-order valence-electron chi connectivity index (χ1n) is 13.5. The molecule has 0 radical (unpaired) electrons. The monoisotopic (exact) mass is 527 g/mol. The van der Waals surface area contributed by atoms with E-state index in [4.69, 9.17) is 0 Å². The van der Waals surface area contributed by atoms with Crippen LogP contribution in [0.15, 0.2) is 134 Å². The van der Waals surface area contributed by atoms with Crippen molar-refractivity contribution in [2.24, 2.45) is 0 Å². The van der Waals surface area contributed by atoms with Crippen LogP contribution < -0.4 is 4.90 Å². The number of aromatic nitrogens is 1. The fourth-order valence-electron chi connectivity index (χ4n) is 6.87. The van der Waals surface area contributed by atoms with Gasteiger partial charge >= 0.3 is 0 Å². The SMILES string of the molecule is N#Cc1cccc(N(c2ccc(F)cc2)c2ccc3c(c2)-c2cnccc2C32c3ccccc3-c3ccccc32)c1. The molecule has 0 amide bonds. The number of benzene rings is 5. The number of pyridine rings is 1. The quantitative estimate of drug-likeness (QED) is 0.230. The third-order valence-electron chi connectivity index (χ3n) is 8.45. The molecule has 1 spiro atoms. The second-order valence-electron chi connectivity index (χ2n) is 10.5. The first-order valence-corrected chi connectivity index (χ1v) is 13.5. The Morgan fingerprint density at radius 3 is 1.95 bits per heavy atom. The summed E-state index contributed by atoms with van der Waals surface area (Å²) in [4.78, 5) is 6.62. The molecule has 3 nitrogen and oxygen atoms in total. The minimum atomic E-state index is -0.444. The number of fused-ring (bicyclic) bond motifs is 10. The highest BCUT2D eigenvalue weighted by Gasteiger charge is 2.51. The molecule has 5 aromatic carbocycles. The maximum absolute atomic E-state index is 14.0. The molecule has 0 saturated heterocycles. The van der Waals surface area contributed by atoms with Crippen LogP contribution in [-0.2, 0) is 5.41 Å². The minimum Gasteiger partial charge on any atom is -0.310 e. The van der Waals surface area contributed by atoms with E-state index in [1.54, 1.807) is 18.2 Å². The molecule has 0 fully saturated rings. The number of hydrogen-bond acceptors (Lipinski definition) is 3. The maximum atomic E-state index is 14.0. The van der Waals surface area contributed by atoms with Crippen molar-refractivity contribution < 1.29 is 4.39 Å². The van der Waals surface area contributed by atoms with Crippen molar-refractivity contribution in [3.8, 4) is 28.3 Å². The number of hydrogen-bond donors (Lipinski definition) is 0. The van der Waals surface area contributed by atoms with E-state index in [2.05, 4.69) is 88.7 Å². The molecule has 1 aromatic heterocycles. The van der Waals surface area contributed by atoms with Crippen LogP contribution in [-0.4, -0.2) is 4.98 Å². The van der Waals surface area contributed by atoms with Gasteiger partial charge in [0.25, 0.3) is 0 Å². The summed E-state index contributed by atoms with van der Waals surface area (Å²) >= 11 is 0. The van der Waals surface area contributed by atoms with Gasteiger partial charge in [0.15, 0.2) is 0 Å². The predicted octanol–water partition coefficient (Wildman–Crippen LogP) is 8.91. The van der Waals surface area contributed by atoms with E-state index >= 15 is 0 Å². The summed E-state index contributed by atoms with van der Waals surface area (Å²) in [5.74, 6) is -0.297. The molecular formula is C37H22FN3. The van der Waals surface area contributed by atoms with E-state index in [1.165, 1.54) is 45.5 Å². The van der Waals surface area contributed by atoms with Crippen LogP contribution in [0.5, 0.6) is 0 Å². The van der Waals surface area contributed by atoms with Crippen molar-refractivity contribution >= 4 is 17.1 Å². The fraction of sp³-hybridized carbons (Fsp3) is 0.0270. The number of rotatable bonds is 3. The van der Waals surface area contributed by atoms with Crippen LogP contribution in [0.1, 0.15) is 27.8 Å². The zero-order valence-corrected chi connectivity index (χ0v) is 21.9. The number of anilines is 3.